The molecule has 0 unspecified atom stereocenters. The maximum absolute atomic E-state index is 13.0. The zero-order valence-electron chi connectivity index (χ0n) is 9.02. The summed E-state index contributed by atoms with van der Waals surface area (Å²) < 4.78 is 18.1. The Morgan fingerprint density at radius 1 is 1.50 bits per heavy atom. The van der Waals surface area contributed by atoms with Crippen LogP contribution in [0.3, 0.4) is 0 Å². The van der Waals surface area contributed by atoms with Crippen LogP contribution in [0.5, 0.6) is 5.75 Å². The van der Waals surface area contributed by atoms with Crippen LogP contribution in [-0.4, -0.2) is 35.8 Å². The zero-order valence-corrected chi connectivity index (χ0v) is 9.84. The van der Waals surface area contributed by atoms with Gasteiger partial charge >= 0.3 is 0 Å². The van der Waals surface area contributed by atoms with Crippen LogP contribution in [0.15, 0.2) is 18.2 Å². The third-order valence-corrected chi connectivity index (χ3v) is 3.16. The fourth-order valence-corrected chi connectivity index (χ4v) is 2.16. The summed E-state index contributed by atoms with van der Waals surface area (Å²) in [5, 5.41) is 17.8. The van der Waals surface area contributed by atoms with E-state index in [-0.39, 0.29) is 12.4 Å². The molecule has 0 heterocycles. The van der Waals surface area contributed by atoms with Crippen LogP contribution < -0.4 is 4.74 Å². The lowest BCUT2D eigenvalue weighted by atomic mass is 10.2. The lowest BCUT2D eigenvalue weighted by Crippen LogP contribution is -2.14. The Kier molecular flexibility index (Phi) is 5.59. The maximum Gasteiger partial charge on any atom is 0.123 e. The number of hydrogen-bond donors (Lipinski definition) is 2. The molecule has 0 saturated heterocycles. The molecule has 1 atom stereocenters. The largest absolute Gasteiger partial charge is 0.496 e. The third-order valence-electron chi connectivity index (χ3n) is 2.02. The summed E-state index contributed by atoms with van der Waals surface area (Å²) in [5.41, 5.74) is 0.748. The molecule has 0 amide bonds. The number of aliphatic hydroxyl groups excluding tert-OH is 2. The highest BCUT2D eigenvalue weighted by molar-refractivity contribution is 7.98. The molecular formula is C11H15FO3S. The first-order valence-electron chi connectivity index (χ1n) is 4.86. The Morgan fingerprint density at radius 2 is 2.25 bits per heavy atom. The molecule has 0 fully saturated rings. The molecule has 0 aromatic heterocycles. The molecule has 0 bridgehead atoms. The number of hydrogen-bond acceptors (Lipinski definition) is 4. The van der Waals surface area contributed by atoms with E-state index in [0.29, 0.717) is 17.3 Å². The highest BCUT2D eigenvalue weighted by Gasteiger charge is 2.07. The number of benzene rings is 1. The van der Waals surface area contributed by atoms with E-state index in [9.17, 15) is 4.39 Å². The van der Waals surface area contributed by atoms with Crippen molar-refractivity contribution in [1.82, 2.24) is 0 Å². The third kappa shape index (κ3) is 4.00. The number of methoxy groups -OCH3 is 1. The second-order valence-corrected chi connectivity index (χ2v) is 4.34. The van der Waals surface area contributed by atoms with Crippen LogP contribution in [0.4, 0.5) is 4.39 Å². The molecule has 0 aliphatic rings. The average Bonchev–Trinajstić information content (AvgIpc) is 2.29. The molecule has 0 radical (unpaired) electrons. The number of halogens is 1. The van der Waals surface area contributed by atoms with E-state index in [1.165, 1.54) is 31.0 Å². The summed E-state index contributed by atoms with van der Waals surface area (Å²) in [4.78, 5) is 0. The van der Waals surface area contributed by atoms with Crippen molar-refractivity contribution < 1.29 is 19.3 Å². The Morgan fingerprint density at radius 3 is 2.88 bits per heavy atom. The minimum Gasteiger partial charge on any atom is -0.496 e. The van der Waals surface area contributed by atoms with E-state index in [0.717, 1.165) is 5.56 Å². The number of aliphatic hydroxyl groups is 2. The van der Waals surface area contributed by atoms with Gasteiger partial charge in [0.05, 0.1) is 19.8 Å². The Labute approximate surface area is 98.2 Å². The minimum absolute atomic E-state index is 0.257. The number of ether oxygens (including phenoxy) is 1. The molecule has 1 aromatic rings. The molecule has 2 N–H and O–H groups in total. The summed E-state index contributed by atoms with van der Waals surface area (Å²) in [6.45, 7) is -0.257. The van der Waals surface area contributed by atoms with E-state index in [1.54, 1.807) is 6.07 Å². The van der Waals surface area contributed by atoms with E-state index in [2.05, 4.69) is 0 Å². The normalized spacial score (nSPS) is 12.5. The Hall–Kier alpha value is -0.780. The van der Waals surface area contributed by atoms with Crippen molar-refractivity contribution in [1.29, 1.82) is 0 Å². The Bertz CT molecular complexity index is 333. The van der Waals surface area contributed by atoms with E-state index in [1.807, 2.05) is 0 Å². The molecule has 16 heavy (non-hydrogen) atoms. The molecule has 1 aromatic carbocycles. The molecule has 0 spiro atoms. The molecule has 1 rings (SSSR count). The van der Waals surface area contributed by atoms with Crippen LogP contribution in [0, 0.1) is 5.82 Å². The van der Waals surface area contributed by atoms with Gasteiger partial charge in [0.25, 0.3) is 0 Å². The van der Waals surface area contributed by atoms with E-state index >= 15 is 0 Å². The van der Waals surface area contributed by atoms with Crippen molar-refractivity contribution in [2.24, 2.45) is 0 Å². The standard InChI is InChI=1S/C11H15FO3S/c1-15-11-3-2-9(12)4-8(11)6-16-7-10(14)5-13/h2-4,10,13-14H,5-7H2,1H3/t10-/m1/s1. The molecule has 0 aliphatic carbocycles. The highest BCUT2D eigenvalue weighted by atomic mass is 32.2. The van der Waals surface area contributed by atoms with Crippen molar-refractivity contribution in [3.8, 4) is 5.75 Å². The Balaban J connectivity index is 2.55. The summed E-state index contributed by atoms with van der Waals surface area (Å²) in [6.07, 6.45) is -0.732. The van der Waals surface area contributed by atoms with Gasteiger partial charge in [-0.2, -0.15) is 11.8 Å². The fraction of sp³-hybridized carbons (Fsp3) is 0.455. The quantitative estimate of drug-likeness (QED) is 0.797. The van der Waals surface area contributed by atoms with Crippen molar-refractivity contribution in [2.75, 3.05) is 19.5 Å². The molecule has 5 heteroatoms. The van der Waals surface area contributed by atoms with Gasteiger partial charge in [0.15, 0.2) is 0 Å². The van der Waals surface area contributed by atoms with Gasteiger partial charge in [-0.1, -0.05) is 0 Å². The van der Waals surface area contributed by atoms with Gasteiger partial charge in [-0.25, -0.2) is 4.39 Å². The predicted molar refractivity (Wildman–Crippen MR) is 62.2 cm³/mol. The first-order valence-corrected chi connectivity index (χ1v) is 6.02. The van der Waals surface area contributed by atoms with Crippen LogP contribution in [0.2, 0.25) is 0 Å². The second kappa shape index (κ2) is 6.73. The number of thioether (sulfide) groups is 1. The van der Waals surface area contributed by atoms with Crippen LogP contribution in [0.25, 0.3) is 0 Å². The summed E-state index contributed by atoms with van der Waals surface area (Å²) in [7, 11) is 1.53. The SMILES string of the molecule is COc1ccc(F)cc1CSC[C@H](O)CO. The van der Waals surface area contributed by atoms with Gasteiger partial charge in [-0.15, -0.1) is 0 Å². The van der Waals surface area contributed by atoms with Gasteiger partial charge in [-0.05, 0) is 18.2 Å². The topological polar surface area (TPSA) is 49.7 Å². The first-order chi connectivity index (χ1) is 7.67. The maximum atomic E-state index is 13.0. The summed E-state index contributed by atoms with van der Waals surface area (Å²) >= 11 is 1.42. The lowest BCUT2D eigenvalue weighted by molar-refractivity contribution is 0.113. The summed E-state index contributed by atoms with van der Waals surface area (Å²) in [5.74, 6) is 1.28. The van der Waals surface area contributed by atoms with Gasteiger partial charge < -0.3 is 14.9 Å². The van der Waals surface area contributed by atoms with Gasteiger partial charge in [0.2, 0.25) is 0 Å². The van der Waals surface area contributed by atoms with Crippen molar-refractivity contribution >= 4 is 11.8 Å². The van der Waals surface area contributed by atoms with Gasteiger partial charge in [0, 0.05) is 17.1 Å². The zero-order chi connectivity index (χ0) is 12.0. The first kappa shape index (κ1) is 13.3. The van der Waals surface area contributed by atoms with Crippen molar-refractivity contribution in [2.45, 2.75) is 11.9 Å². The van der Waals surface area contributed by atoms with Gasteiger partial charge in [0.1, 0.15) is 11.6 Å². The number of rotatable bonds is 6. The highest BCUT2D eigenvalue weighted by Crippen LogP contribution is 2.24. The smallest absolute Gasteiger partial charge is 0.123 e. The second-order valence-electron chi connectivity index (χ2n) is 3.31. The van der Waals surface area contributed by atoms with E-state index in [4.69, 9.17) is 14.9 Å². The monoisotopic (exact) mass is 246 g/mol. The molecule has 3 nitrogen and oxygen atoms in total. The molecule has 90 valence electrons. The average molecular weight is 246 g/mol. The van der Waals surface area contributed by atoms with Crippen LogP contribution in [0.1, 0.15) is 5.56 Å². The summed E-state index contributed by atoms with van der Waals surface area (Å²) in [6, 6.07) is 4.33. The van der Waals surface area contributed by atoms with Crippen LogP contribution >= 0.6 is 11.8 Å². The fourth-order valence-electron chi connectivity index (χ4n) is 1.22. The van der Waals surface area contributed by atoms with Crippen LogP contribution in [-0.2, 0) is 5.75 Å². The van der Waals surface area contributed by atoms with E-state index < -0.39 is 6.10 Å². The predicted octanol–water partition coefficient (Wildman–Crippen LogP) is 1.42. The minimum atomic E-state index is -0.732. The molecule has 0 aliphatic heterocycles. The van der Waals surface area contributed by atoms with Crippen molar-refractivity contribution in [3.63, 3.8) is 0 Å². The van der Waals surface area contributed by atoms with Crippen molar-refractivity contribution in [3.05, 3.63) is 29.6 Å². The van der Waals surface area contributed by atoms with Gasteiger partial charge in [-0.3, -0.25) is 0 Å². The molecular weight excluding hydrogens is 231 g/mol. The molecule has 0 saturated carbocycles. The lowest BCUT2D eigenvalue weighted by Gasteiger charge is -2.10.